The van der Waals surface area contributed by atoms with Gasteiger partial charge in [-0.05, 0) is 17.5 Å². The van der Waals surface area contributed by atoms with Gasteiger partial charge in [0.1, 0.15) is 0 Å². The normalized spacial score (nSPS) is 21.9. The molecule has 3 nitrogen and oxygen atoms in total. The largest absolute Gasteiger partial charge is 0.357 e. The molecule has 1 atom stereocenters. The smallest absolute Gasteiger partial charge is 0.0609 e. The number of aromatic amines is 1. The summed E-state index contributed by atoms with van der Waals surface area (Å²) in [7, 11) is 0. The van der Waals surface area contributed by atoms with Crippen molar-refractivity contribution in [2.24, 2.45) is 0 Å². The second kappa shape index (κ2) is 3.12. The lowest BCUT2D eigenvalue weighted by Crippen LogP contribution is -2.15. The molecule has 1 aromatic heterocycles. The summed E-state index contributed by atoms with van der Waals surface area (Å²) in [5.41, 5.74) is 2.49. The zero-order chi connectivity index (χ0) is 9.38. The number of aromatic nitrogens is 1. The minimum absolute atomic E-state index is 0.433. The van der Waals surface area contributed by atoms with Gasteiger partial charge in [0.2, 0.25) is 0 Å². The summed E-state index contributed by atoms with van der Waals surface area (Å²) in [5.74, 6) is 0. The second-order valence-electron chi connectivity index (χ2n) is 3.70. The summed E-state index contributed by atoms with van der Waals surface area (Å²) in [5, 5.41) is 7.96. The molecule has 1 aromatic carbocycles. The lowest BCUT2D eigenvalue weighted by molar-refractivity contribution is 0.661. The van der Waals surface area contributed by atoms with Crippen molar-refractivity contribution in [2.45, 2.75) is 6.04 Å². The molecule has 3 heteroatoms. The molecule has 2 heterocycles. The molecule has 1 fully saturated rings. The van der Waals surface area contributed by atoms with E-state index in [0.717, 1.165) is 13.2 Å². The van der Waals surface area contributed by atoms with Crippen molar-refractivity contribution >= 4 is 10.9 Å². The van der Waals surface area contributed by atoms with E-state index >= 15 is 0 Å². The fourth-order valence-electron chi connectivity index (χ4n) is 1.99. The lowest BCUT2D eigenvalue weighted by Gasteiger charge is -2.04. The first-order chi connectivity index (χ1) is 6.93. The van der Waals surface area contributed by atoms with Gasteiger partial charge in [0.15, 0.2) is 0 Å². The van der Waals surface area contributed by atoms with Crippen molar-refractivity contribution in [3.63, 3.8) is 0 Å². The third-order valence-electron chi connectivity index (χ3n) is 2.75. The first-order valence-electron chi connectivity index (χ1n) is 4.95. The minimum atomic E-state index is 0.433. The zero-order valence-electron chi connectivity index (χ0n) is 7.88. The quantitative estimate of drug-likeness (QED) is 0.631. The molecule has 0 amide bonds. The van der Waals surface area contributed by atoms with Crippen LogP contribution in [0.3, 0.4) is 0 Å². The van der Waals surface area contributed by atoms with Crippen LogP contribution in [0.15, 0.2) is 30.3 Å². The lowest BCUT2D eigenvalue weighted by atomic mass is 10.2. The van der Waals surface area contributed by atoms with Gasteiger partial charge >= 0.3 is 0 Å². The molecule has 72 valence electrons. The van der Waals surface area contributed by atoms with Gasteiger partial charge in [0, 0.05) is 24.4 Å². The van der Waals surface area contributed by atoms with Crippen LogP contribution in [-0.2, 0) is 0 Å². The molecule has 1 saturated heterocycles. The van der Waals surface area contributed by atoms with Crippen LogP contribution in [0.4, 0.5) is 0 Å². The van der Waals surface area contributed by atoms with Gasteiger partial charge in [-0.2, -0.15) is 0 Å². The average Bonchev–Trinajstić information content (AvgIpc) is 2.86. The maximum absolute atomic E-state index is 3.44. The molecule has 0 spiro atoms. The Morgan fingerprint density at radius 2 is 2.14 bits per heavy atom. The van der Waals surface area contributed by atoms with Gasteiger partial charge in [0.25, 0.3) is 0 Å². The Morgan fingerprint density at radius 1 is 1.21 bits per heavy atom. The van der Waals surface area contributed by atoms with Crippen molar-refractivity contribution in [1.29, 1.82) is 0 Å². The van der Waals surface area contributed by atoms with E-state index in [1.54, 1.807) is 0 Å². The van der Waals surface area contributed by atoms with E-state index in [0.29, 0.717) is 6.04 Å². The third-order valence-corrected chi connectivity index (χ3v) is 2.75. The van der Waals surface area contributed by atoms with Crippen LogP contribution in [0.1, 0.15) is 11.7 Å². The highest BCUT2D eigenvalue weighted by Crippen LogP contribution is 2.20. The standard InChI is InChI=1S/C11H13N3/c1-2-4-9-8(3-1)5-10(14-9)11-6-12-7-13-11/h1-5,11-14H,6-7H2. The molecule has 3 N–H and O–H groups in total. The maximum atomic E-state index is 3.44. The number of rotatable bonds is 1. The Bertz CT molecular complexity index is 407. The fraction of sp³-hybridized carbons (Fsp3) is 0.273. The van der Waals surface area contributed by atoms with E-state index < -0.39 is 0 Å². The average molecular weight is 187 g/mol. The monoisotopic (exact) mass is 187 g/mol. The van der Waals surface area contributed by atoms with Crippen LogP contribution >= 0.6 is 0 Å². The number of hydrogen-bond donors (Lipinski definition) is 3. The van der Waals surface area contributed by atoms with Crippen molar-refractivity contribution in [1.82, 2.24) is 15.6 Å². The van der Waals surface area contributed by atoms with Gasteiger partial charge in [-0.15, -0.1) is 0 Å². The van der Waals surface area contributed by atoms with Crippen molar-refractivity contribution in [2.75, 3.05) is 13.2 Å². The maximum Gasteiger partial charge on any atom is 0.0609 e. The first-order valence-corrected chi connectivity index (χ1v) is 4.95. The van der Waals surface area contributed by atoms with Crippen molar-refractivity contribution < 1.29 is 0 Å². The van der Waals surface area contributed by atoms with E-state index in [4.69, 9.17) is 0 Å². The van der Waals surface area contributed by atoms with Crippen molar-refractivity contribution in [3.8, 4) is 0 Å². The fourth-order valence-corrected chi connectivity index (χ4v) is 1.99. The molecule has 0 radical (unpaired) electrons. The van der Waals surface area contributed by atoms with Gasteiger partial charge in [-0.25, -0.2) is 0 Å². The Hall–Kier alpha value is -1.32. The van der Waals surface area contributed by atoms with E-state index in [1.165, 1.54) is 16.6 Å². The molecule has 2 aromatic rings. The summed E-state index contributed by atoms with van der Waals surface area (Å²) in [6, 6.07) is 11.0. The third kappa shape index (κ3) is 1.22. The van der Waals surface area contributed by atoms with Crippen LogP contribution in [0.25, 0.3) is 10.9 Å². The molecule has 1 aliphatic rings. The van der Waals surface area contributed by atoms with Crippen LogP contribution < -0.4 is 10.6 Å². The zero-order valence-corrected chi connectivity index (χ0v) is 7.88. The number of para-hydroxylation sites is 1. The first kappa shape index (κ1) is 8.03. The second-order valence-corrected chi connectivity index (χ2v) is 3.70. The van der Waals surface area contributed by atoms with Crippen LogP contribution in [0.2, 0.25) is 0 Å². The van der Waals surface area contributed by atoms with E-state index in [9.17, 15) is 0 Å². The van der Waals surface area contributed by atoms with Crippen LogP contribution in [0, 0.1) is 0 Å². The highest BCUT2D eigenvalue weighted by Gasteiger charge is 2.16. The molecule has 0 aliphatic carbocycles. The number of fused-ring (bicyclic) bond motifs is 1. The van der Waals surface area contributed by atoms with E-state index in [-0.39, 0.29) is 0 Å². The highest BCUT2D eigenvalue weighted by molar-refractivity contribution is 5.80. The Morgan fingerprint density at radius 3 is 2.93 bits per heavy atom. The number of nitrogens with one attached hydrogen (secondary N) is 3. The van der Waals surface area contributed by atoms with Gasteiger partial charge in [0.05, 0.1) is 6.04 Å². The molecular weight excluding hydrogens is 174 g/mol. The Labute approximate surface area is 82.5 Å². The van der Waals surface area contributed by atoms with E-state index in [2.05, 4.69) is 45.9 Å². The van der Waals surface area contributed by atoms with Gasteiger partial charge < -0.3 is 10.3 Å². The predicted octanol–water partition coefficient (Wildman–Crippen LogP) is 1.36. The summed E-state index contributed by atoms with van der Waals surface area (Å²) in [6.45, 7) is 1.91. The molecule has 1 unspecified atom stereocenters. The molecule has 1 aliphatic heterocycles. The predicted molar refractivity (Wildman–Crippen MR) is 57.0 cm³/mol. The summed E-state index contributed by atoms with van der Waals surface area (Å²) in [6.07, 6.45) is 0. The van der Waals surface area contributed by atoms with Gasteiger partial charge in [-0.1, -0.05) is 18.2 Å². The highest BCUT2D eigenvalue weighted by atomic mass is 15.2. The SMILES string of the molecule is c1ccc2[nH]c(C3CNCN3)cc2c1. The molecular formula is C11H13N3. The molecule has 0 saturated carbocycles. The summed E-state index contributed by atoms with van der Waals surface area (Å²) in [4.78, 5) is 3.44. The molecule has 0 bridgehead atoms. The summed E-state index contributed by atoms with van der Waals surface area (Å²) < 4.78 is 0. The summed E-state index contributed by atoms with van der Waals surface area (Å²) >= 11 is 0. The Kier molecular flexibility index (Phi) is 1.79. The number of benzene rings is 1. The van der Waals surface area contributed by atoms with E-state index in [1.807, 2.05) is 0 Å². The number of hydrogen-bond acceptors (Lipinski definition) is 2. The van der Waals surface area contributed by atoms with Crippen LogP contribution in [0.5, 0.6) is 0 Å². The molecule has 3 rings (SSSR count). The number of H-pyrrole nitrogens is 1. The van der Waals surface area contributed by atoms with Gasteiger partial charge in [-0.3, -0.25) is 5.32 Å². The molecule has 14 heavy (non-hydrogen) atoms. The topological polar surface area (TPSA) is 39.9 Å². The van der Waals surface area contributed by atoms with Crippen molar-refractivity contribution in [3.05, 3.63) is 36.0 Å². The minimum Gasteiger partial charge on any atom is -0.357 e. The van der Waals surface area contributed by atoms with Crippen LogP contribution in [-0.4, -0.2) is 18.2 Å². The Balaban J connectivity index is 2.05.